The Morgan fingerprint density at radius 1 is 1.25 bits per heavy atom. The maximum Gasteiger partial charge on any atom is 0.325 e. The summed E-state index contributed by atoms with van der Waals surface area (Å²) in [5.74, 6) is 0.888. The number of amides is 3. The molecule has 124 valence electrons. The third-order valence-electron chi connectivity index (χ3n) is 4.17. The van der Waals surface area contributed by atoms with Crippen LogP contribution in [0.2, 0.25) is 4.34 Å². The van der Waals surface area contributed by atoms with Gasteiger partial charge in [0.15, 0.2) is 11.5 Å². The summed E-state index contributed by atoms with van der Waals surface area (Å²) in [6.07, 6.45) is 0. The summed E-state index contributed by atoms with van der Waals surface area (Å²) in [6, 6.07) is 8.36. The Morgan fingerprint density at radius 2 is 2.04 bits per heavy atom. The van der Waals surface area contributed by atoms with Crippen molar-refractivity contribution in [1.82, 2.24) is 10.2 Å². The topological polar surface area (TPSA) is 67.9 Å². The van der Waals surface area contributed by atoms with Gasteiger partial charge in [-0.3, -0.25) is 9.69 Å². The molecule has 2 aliphatic rings. The number of ether oxygens (including phenoxy) is 2. The molecule has 1 saturated heterocycles. The van der Waals surface area contributed by atoms with Crippen molar-refractivity contribution in [3.8, 4) is 11.5 Å². The van der Waals surface area contributed by atoms with E-state index in [4.69, 9.17) is 21.1 Å². The van der Waals surface area contributed by atoms with Crippen LogP contribution >= 0.6 is 22.9 Å². The summed E-state index contributed by atoms with van der Waals surface area (Å²) >= 11 is 7.26. The molecule has 3 amide bonds. The molecule has 0 aliphatic carbocycles. The molecule has 0 saturated carbocycles. The van der Waals surface area contributed by atoms with Gasteiger partial charge in [-0.05, 0) is 36.8 Å². The number of urea groups is 1. The van der Waals surface area contributed by atoms with Crippen molar-refractivity contribution in [1.29, 1.82) is 0 Å². The molecule has 0 radical (unpaired) electrons. The Hall–Kier alpha value is -2.25. The van der Waals surface area contributed by atoms with Gasteiger partial charge in [0.1, 0.15) is 5.54 Å². The summed E-state index contributed by atoms with van der Waals surface area (Å²) in [5.41, 5.74) is -0.490. The van der Waals surface area contributed by atoms with Crippen LogP contribution in [0.1, 0.15) is 17.4 Å². The SMILES string of the molecule is CC1(c2ccc3c(c2)OCO3)NC(=O)N(Cc2ccc(Cl)s2)C1=O. The van der Waals surface area contributed by atoms with Crippen LogP contribution in [0.5, 0.6) is 11.5 Å². The molecule has 6 nitrogen and oxygen atoms in total. The van der Waals surface area contributed by atoms with Gasteiger partial charge in [-0.2, -0.15) is 0 Å². The second-order valence-electron chi connectivity index (χ2n) is 5.72. The van der Waals surface area contributed by atoms with Gasteiger partial charge in [-0.25, -0.2) is 4.79 Å². The number of rotatable bonds is 3. The number of hydrogen-bond donors (Lipinski definition) is 1. The van der Waals surface area contributed by atoms with Gasteiger partial charge in [-0.15, -0.1) is 11.3 Å². The predicted octanol–water partition coefficient (Wildman–Crippen LogP) is 3.10. The number of hydrogen-bond acceptors (Lipinski definition) is 5. The van der Waals surface area contributed by atoms with E-state index in [0.29, 0.717) is 21.4 Å². The normalized spacial score (nSPS) is 22.2. The molecule has 1 N–H and O–H groups in total. The van der Waals surface area contributed by atoms with Crippen LogP contribution < -0.4 is 14.8 Å². The smallest absolute Gasteiger partial charge is 0.325 e. The highest BCUT2D eigenvalue weighted by atomic mass is 35.5. The quantitative estimate of drug-likeness (QED) is 0.850. The Morgan fingerprint density at radius 3 is 2.79 bits per heavy atom. The monoisotopic (exact) mass is 364 g/mol. The molecule has 2 aliphatic heterocycles. The van der Waals surface area contributed by atoms with Gasteiger partial charge in [0.05, 0.1) is 10.9 Å². The van der Waals surface area contributed by atoms with E-state index in [2.05, 4.69) is 5.32 Å². The van der Waals surface area contributed by atoms with Crippen molar-refractivity contribution in [2.24, 2.45) is 0 Å². The molecule has 1 fully saturated rings. The van der Waals surface area contributed by atoms with E-state index in [1.54, 1.807) is 31.2 Å². The standard InChI is InChI=1S/C16H13ClN2O4S/c1-16(9-2-4-11-12(6-9)23-8-22-11)14(20)19(15(21)18-16)7-10-3-5-13(17)24-10/h2-6H,7-8H2,1H3,(H,18,21). The fourth-order valence-electron chi connectivity index (χ4n) is 2.84. The zero-order chi connectivity index (χ0) is 16.9. The number of imide groups is 1. The fourth-order valence-corrected chi connectivity index (χ4v) is 3.91. The van der Waals surface area contributed by atoms with E-state index in [0.717, 1.165) is 4.88 Å². The van der Waals surface area contributed by atoms with Crippen LogP contribution in [0.25, 0.3) is 0 Å². The molecule has 1 unspecified atom stereocenters. The van der Waals surface area contributed by atoms with E-state index in [1.165, 1.54) is 16.2 Å². The lowest BCUT2D eigenvalue weighted by molar-refractivity contribution is -0.131. The second kappa shape index (κ2) is 5.39. The second-order valence-corrected chi connectivity index (χ2v) is 7.52. The van der Waals surface area contributed by atoms with Crippen LogP contribution in [-0.2, 0) is 16.9 Å². The number of fused-ring (bicyclic) bond motifs is 1. The maximum absolute atomic E-state index is 12.9. The molecule has 0 bridgehead atoms. The largest absolute Gasteiger partial charge is 0.454 e. The number of carbonyl (C=O) groups excluding carboxylic acids is 2. The van der Waals surface area contributed by atoms with Crippen LogP contribution in [0.4, 0.5) is 4.79 Å². The highest BCUT2D eigenvalue weighted by Gasteiger charge is 2.49. The summed E-state index contributed by atoms with van der Waals surface area (Å²) in [7, 11) is 0. The molecule has 1 aromatic heterocycles. The molecule has 3 heterocycles. The minimum atomic E-state index is -1.14. The highest BCUT2D eigenvalue weighted by molar-refractivity contribution is 7.16. The van der Waals surface area contributed by atoms with Crippen molar-refractivity contribution < 1.29 is 19.1 Å². The highest BCUT2D eigenvalue weighted by Crippen LogP contribution is 2.38. The lowest BCUT2D eigenvalue weighted by Crippen LogP contribution is -2.40. The first-order chi connectivity index (χ1) is 11.5. The van der Waals surface area contributed by atoms with Gasteiger partial charge < -0.3 is 14.8 Å². The molecule has 0 spiro atoms. The van der Waals surface area contributed by atoms with Crippen molar-refractivity contribution in [3.63, 3.8) is 0 Å². The number of halogens is 1. The number of thiophene rings is 1. The lowest BCUT2D eigenvalue weighted by atomic mass is 9.91. The van der Waals surface area contributed by atoms with E-state index in [-0.39, 0.29) is 19.2 Å². The first-order valence-corrected chi connectivity index (χ1v) is 8.45. The first-order valence-electron chi connectivity index (χ1n) is 7.26. The van der Waals surface area contributed by atoms with Crippen LogP contribution in [0, 0.1) is 0 Å². The molecule has 8 heteroatoms. The van der Waals surface area contributed by atoms with Crippen molar-refractivity contribution in [2.75, 3.05) is 6.79 Å². The van der Waals surface area contributed by atoms with Gasteiger partial charge in [-0.1, -0.05) is 17.7 Å². The molecule has 4 rings (SSSR count). The minimum absolute atomic E-state index is 0.154. The average Bonchev–Trinajstić information content (AvgIpc) is 3.23. The van der Waals surface area contributed by atoms with Gasteiger partial charge in [0.2, 0.25) is 6.79 Å². The summed E-state index contributed by atoms with van der Waals surface area (Å²) in [6.45, 7) is 2.04. The van der Waals surface area contributed by atoms with Gasteiger partial charge in [0, 0.05) is 4.88 Å². The fraction of sp³-hybridized carbons (Fsp3) is 0.250. The summed E-state index contributed by atoms with van der Waals surface area (Å²) in [5, 5.41) is 2.78. The Bertz CT molecular complexity index is 852. The number of nitrogens with zero attached hydrogens (tertiary/aromatic N) is 1. The third kappa shape index (κ3) is 2.32. The number of carbonyl (C=O) groups is 2. The van der Waals surface area contributed by atoms with E-state index >= 15 is 0 Å². The molecule has 1 aromatic carbocycles. The zero-order valence-electron chi connectivity index (χ0n) is 12.7. The Labute approximate surface area is 146 Å². The van der Waals surface area contributed by atoms with Crippen molar-refractivity contribution >= 4 is 34.9 Å². The molecular formula is C16H13ClN2O4S. The number of benzene rings is 1. The van der Waals surface area contributed by atoms with Crippen LogP contribution in [-0.4, -0.2) is 23.6 Å². The maximum atomic E-state index is 12.9. The predicted molar refractivity (Wildman–Crippen MR) is 88.3 cm³/mol. The molecular weight excluding hydrogens is 352 g/mol. The Kier molecular flexibility index (Phi) is 3.43. The summed E-state index contributed by atoms with van der Waals surface area (Å²) in [4.78, 5) is 27.3. The van der Waals surface area contributed by atoms with Gasteiger partial charge in [0.25, 0.3) is 5.91 Å². The lowest BCUT2D eigenvalue weighted by Gasteiger charge is -2.22. The molecule has 24 heavy (non-hydrogen) atoms. The van der Waals surface area contributed by atoms with E-state index in [1.807, 2.05) is 6.07 Å². The van der Waals surface area contributed by atoms with E-state index in [9.17, 15) is 9.59 Å². The molecule has 1 atom stereocenters. The Balaban J connectivity index is 1.64. The third-order valence-corrected chi connectivity index (χ3v) is 5.38. The van der Waals surface area contributed by atoms with Crippen LogP contribution in [0.3, 0.4) is 0 Å². The zero-order valence-corrected chi connectivity index (χ0v) is 14.2. The molecule has 2 aromatic rings. The van der Waals surface area contributed by atoms with E-state index < -0.39 is 11.6 Å². The number of nitrogens with one attached hydrogen (secondary N) is 1. The van der Waals surface area contributed by atoms with Crippen LogP contribution in [0.15, 0.2) is 30.3 Å². The average molecular weight is 365 g/mol. The van der Waals surface area contributed by atoms with Crippen molar-refractivity contribution in [3.05, 3.63) is 45.1 Å². The first kappa shape index (κ1) is 15.3. The minimum Gasteiger partial charge on any atom is -0.454 e. The van der Waals surface area contributed by atoms with Gasteiger partial charge >= 0.3 is 6.03 Å². The summed E-state index contributed by atoms with van der Waals surface area (Å²) < 4.78 is 11.3. The van der Waals surface area contributed by atoms with Crippen molar-refractivity contribution in [2.45, 2.75) is 19.0 Å².